The van der Waals surface area contributed by atoms with Crippen LogP contribution >= 0.6 is 11.3 Å². The molecule has 2 aromatic heterocycles. The Kier molecular flexibility index (Phi) is 3.67. The molecular weight excluding hydrogens is 328 g/mol. The Morgan fingerprint density at radius 3 is 2.72 bits per heavy atom. The maximum atomic E-state index is 4.78. The van der Waals surface area contributed by atoms with Crippen LogP contribution in [-0.2, 0) is 0 Å². The highest BCUT2D eigenvalue weighted by molar-refractivity contribution is 7.20. The maximum absolute atomic E-state index is 4.78. The first-order valence-electron chi connectivity index (χ1n) is 8.97. The Morgan fingerprint density at radius 2 is 1.84 bits per heavy atom. The van der Waals surface area contributed by atoms with Crippen LogP contribution in [0.1, 0.15) is 32.1 Å². The van der Waals surface area contributed by atoms with Crippen molar-refractivity contribution in [2.75, 3.05) is 5.32 Å². The predicted molar refractivity (Wildman–Crippen MR) is 104 cm³/mol. The molecule has 25 heavy (non-hydrogen) atoms. The van der Waals surface area contributed by atoms with Gasteiger partial charge in [0.15, 0.2) is 0 Å². The van der Waals surface area contributed by atoms with Crippen LogP contribution in [0.5, 0.6) is 0 Å². The molecule has 0 bridgehead atoms. The second-order valence-electron chi connectivity index (χ2n) is 6.79. The number of hydrogen-bond donors (Lipinski definition) is 1. The fourth-order valence-corrected chi connectivity index (χ4v) is 4.57. The van der Waals surface area contributed by atoms with Crippen molar-refractivity contribution >= 4 is 32.2 Å². The summed E-state index contributed by atoms with van der Waals surface area (Å²) in [5.41, 5.74) is 2.20. The molecule has 4 aromatic rings. The smallest absolute Gasteiger partial charge is 0.214 e. The van der Waals surface area contributed by atoms with Gasteiger partial charge in [-0.25, -0.2) is 9.50 Å². The van der Waals surface area contributed by atoms with Crippen LogP contribution in [-0.4, -0.2) is 20.6 Å². The van der Waals surface area contributed by atoms with Crippen molar-refractivity contribution in [3.8, 4) is 11.3 Å². The molecule has 0 spiro atoms. The van der Waals surface area contributed by atoms with Crippen molar-refractivity contribution in [2.45, 2.75) is 38.1 Å². The van der Waals surface area contributed by atoms with E-state index in [2.05, 4.69) is 52.8 Å². The molecule has 2 aromatic carbocycles. The molecule has 1 aliphatic rings. The Morgan fingerprint density at radius 1 is 1.00 bits per heavy atom. The fraction of sp³-hybridized carbons (Fsp3) is 0.300. The summed E-state index contributed by atoms with van der Waals surface area (Å²) in [6, 6.07) is 15.5. The quantitative estimate of drug-likeness (QED) is 0.542. The Bertz CT molecular complexity index is 1030. The van der Waals surface area contributed by atoms with Gasteiger partial charge in [-0.3, -0.25) is 0 Å². The van der Waals surface area contributed by atoms with E-state index in [0.29, 0.717) is 6.04 Å². The molecule has 0 radical (unpaired) electrons. The Labute approximate surface area is 150 Å². The van der Waals surface area contributed by atoms with Crippen molar-refractivity contribution in [1.82, 2.24) is 14.6 Å². The van der Waals surface area contributed by atoms with E-state index in [-0.39, 0.29) is 0 Å². The second-order valence-corrected chi connectivity index (χ2v) is 7.74. The highest BCUT2D eigenvalue weighted by Gasteiger charge is 2.17. The summed E-state index contributed by atoms with van der Waals surface area (Å²) in [6.07, 6.45) is 8.43. The lowest BCUT2D eigenvalue weighted by molar-refractivity contribution is 0.462. The monoisotopic (exact) mass is 348 g/mol. The largest absolute Gasteiger partial charge is 0.357 e. The molecule has 2 heterocycles. The van der Waals surface area contributed by atoms with Crippen LogP contribution in [0.2, 0.25) is 0 Å². The normalized spacial score (nSPS) is 15.8. The molecule has 5 rings (SSSR count). The second kappa shape index (κ2) is 6.15. The van der Waals surface area contributed by atoms with Crippen LogP contribution in [0.4, 0.5) is 5.13 Å². The first kappa shape index (κ1) is 14.9. The zero-order valence-corrected chi connectivity index (χ0v) is 14.8. The number of fused-ring (bicyclic) bond motifs is 2. The van der Waals surface area contributed by atoms with Gasteiger partial charge < -0.3 is 5.32 Å². The van der Waals surface area contributed by atoms with Crippen LogP contribution in [0.15, 0.2) is 48.7 Å². The maximum Gasteiger partial charge on any atom is 0.214 e. The van der Waals surface area contributed by atoms with Crippen molar-refractivity contribution in [2.24, 2.45) is 0 Å². The van der Waals surface area contributed by atoms with Gasteiger partial charge in [-0.2, -0.15) is 0 Å². The average Bonchev–Trinajstić information content (AvgIpc) is 3.22. The van der Waals surface area contributed by atoms with E-state index in [0.717, 1.165) is 21.3 Å². The minimum Gasteiger partial charge on any atom is -0.357 e. The Balaban J connectivity index is 1.50. The zero-order valence-electron chi connectivity index (χ0n) is 14.0. The number of benzene rings is 2. The van der Waals surface area contributed by atoms with E-state index in [1.165, 1.54) is 42.9 Å². The molecule has 0 atom stereocenters. The lowest BCUT2D eigenvalue weighted by Gasteiger charge is -2.21. The van der Waals surface area contributed by atoms with Crippen LogP contribution in [0.25, 0.3) is 27.0 Å². The third-order valence-corrected chi connectivity index (χ3v) is 5.92. The first-order valence-corrected chi connectivity index (χ1v) is 9.79. The molecule has 4 nitrogen and oxygen atoms in total. The SMILES string of the molecule is c1ccc2cc(-c3cnc4sc(NC5CCCCC5)nn34)ccc2c1. The van der Waals surface area contributed by atoms with Crippen LogP contribution in [0, 0.1) is 0 Å². The Hall–Kier alpha value is -2.40. The van der Waals surface area contributed by atoms with Gasteiger partial charge in [-0.05, 0) is 29.7 Å². The fourth-order valence-electron chi connectivity index (χ4n) is 3.72. The van der Waals surface area contributed by atoms with Gasteiger partial charge in [0.05, 0.1) is 11.9 Å². The van der Waals surface area contributed by atoms with E-state index < -0.39 is 0 Å². The van der Waals surface area contributed by atoms with Crippen molar-refractivity contribution < 1.29 is 0 Å². The third-order valence-electron chi connectivity index (χ3n) is 5.06. The predicted octanol–water partition coefficient (Wildman–Crippen LogP) is 5.36. The molecule has 0 amide bonds. The summed E-state index contributed by atoms with van der Waals surface area (Å²) in [4.78, 5) is 5.51. The summed E-state index contributed by atoms with van der Waals surface area (Å²) in [6.45, 7) is 0. The van der Waals surface area contributed by atoms with E-state index >= 15 is 0 Å². The summed E-state index contributed by atoms with van der Waals surface area (Å²) in [5.74, 6) is 0. The first-order chi connectivity index (χ1) is 12.4. The molecule has 1 aliphatic carbocycles. The summed E-state index contributed by atoms with van der Waals surface area (Å²) < 4.78 is 1.97. The summed E-state index contributed by atoms with van der Waals surface area (Å²) in [5, 5.41) is 11.9. The third kappa shape index (κ3) is 2.78. The molecule has 1 saturated carbocycles. The molecule has 0 aliphatic heterocycles. The molecule has 5 heteroatoms. The van der Waals surface area contributed by atoms with Gasteiger partial charge in [-0.15, -0.1) is 5.10 Å². The van der Waals surface area contributed by atoms with Gasteiger partial charge in [0.1, 0.15) is 0 Å². The van der Waals surface area contributed by atoms with Crippen molar-refractivity contribution in [3.05, 3.63) is 48.7 Å². The van der Waals surface area contributed by atoms with Gasteiger partial charge in [0.2, 0.25) is 10.1 Å². The topological polar surface area (TPSA) is 42.2 Å². The molecule has 0 unspecified atom stereocenters. The van der Waals surface area contributed by atoms with Crippen LogP contribution in [0.3, 0.4) is 0 Å². The highest BCUT2D eigenvalue weighted by atomic mass is 32.1. The highest BCUT2D eigenvalue weighted by Crippen LogP contribution is 2.29. The van der Waals surface area contributed by atoms with Gasteiger partial charge in [0, 0.05) is 11.6 Å². The minimum absolute atomic E-state index is 0.564. The standard InChI is InChI=1S/C20H20N4S/c1-2-8-17(9-3-1)22-19-23-24-18(13-21-20(24)25-19)16-11-10-14-6-4-5-7-15(14)12-16/h4-7,10-13,17H,1-3,8-9H2,(H,22,23). The summed E-state index contributed by atoms with van der Waals surface area (Å²) >= 11 is 1.64. The molecular formula is C20H20N4S. The van der Waals surface area contributed by atoms with Crippen molar-refractivity contribution in [3.63, 3.8) is 0 Å². The van der Waals surface area contributed by atoms with E-state index in [4.69, 9.17) is 5.10 Å². The van der Waals surface area contributed by atoms with E-state index in [1.54, 1.807) is 11.3 Å². The average molecular weight is 348 g/mol. The number of hydrogen-bond acceptors (Lipinski definition) is 4. The number of imidazole rings is 1. The molecule has 0 saturated heterocycles. The van der Waals surface area contributed by atoms with E-state index in [9.17, 15) is 0 Å². The number of rotatable bonds is 3. The number of aromatic nitrogens is 3. The zero-order chi connectivity index (χ0) is 16.6. The number of anilines is 1. The lowest BCUT2D eigenvalue weighted by Crippen LogP contribution is -2.22. The molecule has 126 valence electrons. The molecule has 1 fully saturated rings. The lowest BCUT2D eigenvalue weighted by atomic mass is 9.96. The van der Waals surface area contributed by atoms with Crippen molar-refractivity contribution in [1.29, 1.82) is 0 Å². The summed E-state index contributed by atoms with van der Waals surface area (Å²) in [7, 11) is 0. The van der Waals surface area contributed by atoms with Gasteiger partial charge in [-0.1, -0.05) is 67.0 Å². The van der Waals surface area contributed by atoms with Gasteiger partial charge >= 0.3 is 0 Å². The molecule has 1 N–H and O–H groups in total. The van der Waals surface area contributed by atoms with Crippen LogP contribution < -0.4 is 5.32 Å². The van der Waals surface area contributed by atoms with E-state index in [1.807, 2.05) is 10.7 Å². The van der Waals surface area contributed by atoms with Gasteiger partial charge in [0.25, 0.3) is 0 Å². The number of nitrogens with zero attached hydrogens (tertiary/aromatic N) is 3. The number of nitrogens with one attached hydrogen (secondary N) is 1. The minimum atomic E-state index is 0.564.